The quantitative estimate of drug-likeness (QED) is 0.735. The van der Waals surface area contributed by atoms with E-state index in [9.17, 15) is 0 Å². The van der Waals surface area contributed by atoms with Crippen molar-refractivity contribution in [2.24, 2.45) is 0 Å². The fourth-order valence-corrected chi connectivity index (χ4v) is 2.88. The summed E-state index contributed by atoms with van der Waals surface area (Å²) in [6, 6.07) is 14.3. The largest absolute Gasteiger partial charge is 0.459 e. The number of rotatable bonds is 3. The van der Waals surface area contributed by atoms with E-state index in [1.54, 1.807) is 0 Å². The molecule has 3 rings (SSSR count). The summed E-state index contributed by atoms with van der Waals surface area (Å²) < 4.78 is 6.02. The van der Waals surface area contributed by atoms with Gasteiger partial charge in [-0.1, -0.05) is 29.3 Å². The standard InChI is InChI=1S/C18H18ClNO/c1-11-4-7-16-13(8-11)9-17(21-16)18(20-3)15-10-14(19)6-5-12(15)2/h4-10,18,20H,1-3H3. The Hall–Kier alpha value is -1.77. The van der Waals surface area contributed by atoms with Crippen LogP contribution in [0.4, 0.5) is 0 Å². The zero-order chi connectivity index (χ0) is 15.0. The number of benzene rings is 2. The minimum atomic E-state index is -0.00333. The van der Waals surface area contributed by atoms with E-state index in [0.717, 1.165) is 27.3 Å². The Morgan fingerprint density at radius 2 is 1.86 bits per heavy atom. The van der Waals surface area contributed by atoms with Crippen LogP contribution in [0.25, 0.3) is 11.0 Å². The molecule has 1 unspecified atom stereocenters. The SMILES string of the molecule is CNC(c1cc2cc(C)ccc2o1)c1cc(Cl)ccc1C. The molecule has 0 radical (unpaired) electrons. The van der Waals surface area contributed by atoms with Crippen molar-refractivity contribution in [2.45, 2.75) is 19.9 Å². The van der Waals surface area contributed by atoms with Crippen LogP contribution in [0.15, 0.2) is 46.9 Å². The van der Waals surface area contributed by atoms with Crippen LogP contribution in [0, 0.1) is 13.8 Å². The topological polar surface area (TPSA) is 25.2 Å². The number of hydrogen-bond donors (Lipinski definition) is 1. The maximum atomic E-state index is 6.15. The van der Waals surface area contributed by atoms with Gasteiger partial charge in [0.05, 0.1) is 6.04 Å². The summed E-state index contributed by atoms with van der Waals surface area (Å²) in [4.78, 5) is 0. The lowest BCUT2D eigenvalue weighted by Gasteiger charge is -2.16. The first-order valence-corrected chi connectivity index (χ1v) is 7.39. The summed E-state index contributed by atoms with van der Waals surface area (Å²) in [5.41, 5.74) is 4.47. The molecule has 1 atom stereocenters. The van der Waals surface area contributed by atoms with Gasteiger partial charge in [0.2, 0.25) is 0 Å². The van der Waals surface area contributed by atoms with Gasteiger partial charge in [0.15, 0.2) is 0 Å². The Kier molecular flexibility index (Phi) is 3.75. The third-order valence-electron chi connectivity index (χ3n) is 3.82. The van der Waals surface area contributed by atoms with E-state index < -0.39 is 0 Å². The minimum Gasteiger partial charge on any atom is -0.459 e. The molecule has 0 amide bonds. The number of halogens is 1. The van der Waals surface area contributed by atoms with Gasteiger partial charge in [-0.2, -0.15) is 0 Å². The summed E-state index contributed by atoms with van der Waals surface area (Å²) in [5, 5.41) is 5.19. The normalized spacial score (nSPS) is 12.8. The van der Waals surface area contributed by atoms with E-state index in [1.165, 1.54) is 11.1 Å². The van der Waals surface area contributed by atoms with E-state index in [-0.39, 0.29) is 6.04 Å². The lowest BCUT2D eigenvalue weighted by Crippen LogP contribution is -2.18. The van der Waals surface area contributed by atoms with Crippen molar-refractivity contribution in [1.29, 1.82) is 0 Å². The Labute approximate surface area is 129 Å². The molecule has 0 aliphatic heterocycles. The highest BCUT2D eigenvalue weighted by molar-refractivity contribution is 6.30. The molecule has 1 N–H and O–H groups in total. The van der Waals surface area contributed by atoms with Gasteiger partial charge >= 0.3 is 0 Å². The molecule has 2 aromatic carbocycles. The monoisotopic (exact) mass is 299 g/mol. The molecule has 2 nitrogen and oxygen atoms in total. The maximum Gasteiger partial charge on any atom is 0.134 e. The van der Waals surface area contributed by atoms with Gasteiger partial charge < -0.3 is 9.73 Å². The molecule has 3 aromatic rings. The first-order valence-electron chi connectivity index (χ1n) is 7.02. The molecular formula is C18H18ClNO. The maximum absolute atomic E-state index is 6.15. The highest BCUT2D eigenvalue weighted by Crippen LogP contribution is 2.31. The molecular weight excluding hydrogens is 282 g/mol. The van der Waals surface area contributed by atoms with Crippen molar-refractivity contribution in [3.8, 4) is 0 Å². The molecule has 0 aliphatic rings. The number of nitrogens with one attached hydrogen (secondary N) is 1. The zero-order valence-electron chi connectivity index (χ0n) is 12.4. The highest BCUT2D eigenvalue weighted by atomic mass is 35.5. The van der Waals surface area contributed by atoms with Gasteiger partial charge in [-0.3, -0.25) is 0 Å². The first-order chi connectivity index (χ1) is 10.1. The van der Waals surface area contributed by atoms with E-state index >= 15 is 0 Å². The molecule has 21 heavy (non-hydrogen) atoms. The van der Waals surface area contributed by atoms with Crippen molar-refractivity contribution >= 4 is 22.6 Å². The number of furan rings is 1. The summed E-state index contributed by atoms with van der Waals surface area (Å²) in [6.45, 7) is 4.17. The third-order valence-corrected chi connectivity index (χ3v) is 4.05. The molecule has 0 spiro atoms. The van der Waals surface area contributed by atoms with Gasteiger partial charge in [0, 0.05) is 10.4 Å². The van der Waals surface area contributed by atoms with Gasteiger partial charge in [-0.25, -0.2) is 0 Å². The number of hydrogen-bond acceptors (Lipinski definition) is 2. The molecule has 1 heterocycles. The van der Waals surface area contributed by atoms with Crippen molar-refractivity contribution in [1.82, 2.24) is 5.32 Å². The van der Waals surface area contributed by atoms with E-state index in [1.807, 2.05) is 31.3 Å². The molecule has 0 fully saturated rings. The van der Waals surface area contributed by atoms with Crippen LogP contribution in [-0.4, -0.2) is 7.05 Å². The Balaban J connectivity index is 2.11. The summed E-state index contributed by atoms with van der Waals surface area (Å²) in [6.07, 6.45) is 0. The van der Waals surface area contributed by atoms with Crippen molar-refractivity contribution in [3.05, 3.63) is 69.9 Å². The van der Waals surface area contributed by atoms with Crippen LogP contribution in [0.3, 0.4) is 0 Å². The second-order valence-electron chi connectivity index (χ2n) is 5.41. The van der Waals surface area contributed by atoms with Gasteiger partial charge in [0.1, 0.15) is 11.3 Å². The molecule has 3 heteroatoms. The summed E-state index contributed by atoms with van der Waals surface area (Å²) in [7, 11) is 1.93. The second-order valence-corrected chi connectivity index (χ2v) is 5.85. The van der Waals surface area contributed by atoms with Gasteiger partial charge in [-0.15, -0.1) is 0 Å². The van der Waals surface area contributed by atoms with Crippen LogP contribution in [0.2, 0.25) is 5.02 Å². The fraction of sp³-hybridized carbons (Fsp3) is 0.222. The zero-order valence-corrected chi connectivity index (χ0v) is 13.2. The van der Waals surface area contributed by atoms with Crippen molar-refractivity contribution in [2.75, 3.05) is 7.05 Å². The average molecular weight is 300 g/mol. The predicted molar refractivity (Wildman–Crippen MR) is 88.0 cm³/mol. The van der Waals surface area contributed by atoms with Crippen LogP contribution in [0.5, 0.6) is 0 Å². The Morgan fingerprint density at radius 1 is 1.05 bits per heavy atom. The molecule has 1 aromatic heterocycles. The van der Waals surface area contributed by atoms with Crippen LogP contribution >= 0.6 is 11.6 Å². The molecule has 0 saturated carbocycles. The Morgan fingerprint density at radius 3 is 2.62 bits per heavy atom. The third kappa shape index (κ3) is 2.69. The van der Waals surface area contributed by atoms with Gasteiger partial charge in [-0.05, 0) is 62.4 Å². The number of aryl methyl sites for hydroxylation is 2. The average Bonchev–Trinajstić information content (AvgIpc) is 2.86. The summed E-state index contributed by atoms with van der Waals surface area (Å²) in [5.74, 6) is 0.906. The van der Waals surface area contributed by atoms with E-state index in [4.69, 9.17) is 16.0 Å². The Bertz CT molecular complexity index is 791. The van der Waals surface area contributed by atoms with E-state index in [2.05, 4.69) is 37.4 Å². The van der Waals surface area contributed by atoms with Crippen LogP contribution in [0.1, 0.15) is 28.5 Å². The first kappa shape index (κ1) is 14.2. The second kappa shape index (κ2) is 5.55. The predicted octanol–water partition coefficient (Wildman–Crippen LogP) is 5.01. The highest BCUT2D eigenvalue weighted by Gasteiger charge is 2.19. The summed E-state index contributed by atoms with van der Waals surface area (Å²) >= 11 is 6.15. The fourth-order valence-electron chi connectivity index (χ4n) is 2.70. The minimum absolute atomic E-state index is 0.00333. The lowest BCUT2D eigenvalue weighted by atomic mass is 9.99. The molecule has 0 bridgehead atoms. The van der Waals surface area contributed by atoms with E-state index in [0.29, 0.717) is 0 Å². The van der Waals surface area contributed by atoms with Gasteiger partial charge in [0.25, 0.3) is 0 Å². The van der Waals surface area contributed by atoms with Crippen molar-refractivity contribution < 1.29 is 4.42 Å². The van der Waals surface area contributed by atoms with Crippen molar-refractivity contribution in [3.63, 3.8) is 0 Å². The molecule has 0 saturated heterocycles. The molecule has 108 valence electrons. The lowest BCUT2D eigenvalue weighted by molar-refractivity contribution is 0.490. The van der Waals surface area contributed by atoms with Crippen LogP contribution < -0.4 is 5.32 Å². The molecule has 0 aliphatic carbocycles. The number of fused-ring (bicyclic) bond motifs is 1. The smallest absolute Gasteiger partial charge is 0.134 e. The van der Waals surface area contributed by atoms with Crippen LogP contribution in [-0.2, 0) is 0 Å².